The van der Waals surface area contributed by atoms with Crippen LogP contribution in [0.4, 0.5) is 0 Å². The van der Waals surface area contributed by atoms with Crippen molar-refractivity contribution in [3.63, 3.8) is 0 Å². The van der Waals surface area contributed by atoms with Crippen LogP contribution in [-0.4, -0.2) is 32.1 Å². The molecule has 0 fully saturated rings. The quantitative estimate of drug-likeness (QED) is 0.719. The normalized spacial score (nSPS) is 13.6. The second-order valence-corrected chi connectivity index (χ2v) is 5.91. The van der Waals surface area contributed by atoms with E-state index < -0.39 is 0 Å². The zero-order chi connectivity index (χ0) is 17.1. The number of hydrogen-bond donors (Lipinski definition) is 0. The molecule has 3 aromatic rings. The molecule has 25 heavy (non-hydrogen) atoms. The van der Waals surface area contributed by atoms with Crippen LogP contribution < -0.4 is 4.74 Å². The average Bonchev–Trinajstić information content (AvgIpc) is 3.08. The number of pyridine rings is 1. The van der Waals surface area contributed by atoms with Gasteiger partial charge in [0.15, 0.2) is 0 Å². The van der Waals surface area contributed by atoms with Gasteiger partial charge in [0.25, 0.3) is 5.91 Å². The van der Waals surface area contributed by atoms with Crippen molar-refractivity contribution >= 4 is 5.91 Å². The molecule has 0 aliphatic carbocycles. The van der Waals surface area contributed by atoms with Gasteiger partial charge in [0.1, 0.15) is 18.0 Å². The van der Waals surface area contributed by atoms with Gasteiger partial charge in [0.05, 0.1) is 6.54 Å². The Labute approximate surface area is 145 Å². The molecule has 6 heteroatoms. The zero-order valence-electron chi connectivity index (χ0n) is 13.7. The van der Waals surface area contributed by atoms with E-state index in [1.807, 2.05) is 53.4 Å². The second-order valence-electron chi connectivity index (χ2n) is 5.91. The molecule has 0 atom stereocenters. The molecule has 1 aliphatic rings. The summed E-state index contributed by atoms with van der Waals surface area (Å²) in [4.78, 5) is 18.7. The number of aromatic nitrogens is 3. The van der Waals surface area contributed by atoms with Crippen LogP contribution in [-0.2, 0) is 19.7 Å². The third-order valence-corrected chi connectivity index (χ3v) is 4.14. The number of ether oxygens (including phenoxy) is 1. The highest BCUT2D eigenvalue weighted by Gasteiger charge is 2.26. The van der Waals surface area contributed by atoms with Gasteiger partial charge < -0.3 is 9.64 Å². The lowest BCUT2D eigenvalue weighted by atomic mass is 10.2. The van der Waals surface area contributed by atoms with Gasteiger partial charge in [-0.05, 0) is 17.7 Å². The van der Waals surface area contributed by atoms with Crippen molar-refractivity contribution < 1.29 is 9.53 Å². The van der Waals surface area contributed by atoms with Crippen molar-refractivity contribution in [2.45, 2.75) is 19.7 Å². The minimum Gasteiger partial charge on any atom is -0.471 e. The Morgan fingerprint density at radius 1 is 1.04 bits per heavy atom. The number of rotatable bonds is 5. The number of hydrogen-bond acceptors (Lipinski definition) is 4. The van der Waals surface area contributed by atoms with Crippen LogP contribution in [0.15, 0.2) is 60.8 Å². The van der Waals surface area contributed by atoms with Crippen molar-refractivity contribution in [2.75, 3.05) is 6.54 Å². The first-order valence-electron chi connectivity index (χ1n) is 8.23. The summed E-state index contributed by atoms with van der Waals surface area (Å²) in [7, 11) is 0. The predicted molar refractivity (Wildman–Crippen MR) is 92.0 cm³/mol. The molecule has 3 heterocycles. The van der Waals surface area contributed by atoms with E-state index in [0.29, 0.717) is 37.8 Å². The molecule has 0 N–H and O–H groups in total. The maximum Gasteiger partial charge on any atom is 0.272 e. The predicted octanol–water partition coefficient (Wildman–Crippen LogP) is 2.51. The number of carbonyl (C=O) groups is 1. The second kappa shape index (κ2) is 6.76. The Kier molecular flexibility index (Phi) is 4.16. The fourth-order valence-corrected chi connectivity index (χ4v) is 2.90. The number of nitrogens with zero attached hydrogens (tertiary/aromatic N) is 4. The van der Waals surface area contributed by atoms with Gasteiger partial charge in [-0.1, -0.05) is 36.4 Å². The molecule has 1 aliphatic heterocycles. The maximum atomic E-state index is 12.7. The van der Waals surface area contributed by atoms with Crippen molar-refractivity contribution in [3.8, 4) is 5.88 Å². The van der Waals surface area contributed by atoms with Gasteiger partial charge in [0, 0.05) is 25.4 Å². The molecule has 0 spiro atoms. The molecule has 0 radical (unpaired) electrons. The fraction of sp³-hybridized carbons (Fsp3) is 0.211. The minimum atomic E-state index is 0.00619. The van der Waals surface area contributed by atoms with Gasteiger partial charge in [-0.3, -0.25) is 9.48 Å². The lowest BCUT2D eigenvalue weighted by Crippen LogP contribution is -2.39. The van der Waals surface area contributed by atoms with E-state index in [2.05, 4.69) is 10.1 Å². The van der Waals surface area contributed by atoms with Gasteiger partial charge >= 0.3 is 0 Å². The molecule has 2 aromatic heterocycles. The van der Waals surface area contributed by atoms with Crippen molar-refractivity contribution in [1.29, 1.82) is 0 Å². The molecular weight excluding hydrogens is 316 g/mol. The number of carbonyl (C=O) groups excluding carboxylic acids is 1. The molecule has 126 valence electrons. The van der Waals surface area contributed by atoms with E-state index in [-0.39, 0.29) is 5.91 Å². The van der Waals surface area contributed by atoms with E-state index in [0.717, 1.165) is 11.3 Å². The fourth-order valence-electron chi connectivity index (χ4n) is 2.90. The monoisotopic (exact) mass is 334 g/mol. The van der Waals surface area contributed by atoms with Crippen molar-refractivity contribution in [2.24, 2.45) is 0 Å². The van der Waals surface area contributed by atoms with E-state index in [1.54, 1.807) is 16.9 Å². The summed E-state index contributed by atoms with van der Waals surface area (Å²) in [6.45, 7) is 2.26. The van der Waals surface area contributed by atoms with E-state index >= 15 is 0 Å². The average molecular weight is 334 g/mol. The van der Waals surface area contributed by atoms with Crippen LogP contribution in [0.5, 0.6) is 5.88 Å². The summed E-state index contributed by atoms with van der Waals surface area (Å²) < 4.78 is 7.38. The summed E-state index contributed by atoms with van der Waals surface area (Å²) in [5.74, 6) is 0.553. The Morgan fingerprint density at radius 2 is 1.88 bits per heavy atom. The SMILES string of the molecule is O=C1c2cc(COc3ccccn3)nn2CCN1Cc1ccccc1. The van der Waals surface area contributed by atoms with Crippen LogP contribution in [0.3, 0.4) is 0 Å². The molecular formula is C19H18N4O2. The first-order valence-corrected chi connectivity index (χ1v) is 8.23. The lowest BCUT2D eigenvalue weighted by Gasteiger charge is -2.27. The van der Waals surface area contributed by atoms with Crippen LogP contribution in [0.2, 0.25) is 0 Å². The lowest BCUT2D eigenvalue weighted by molar-refractivity contribution is 0.0683. The molecule has 0 bridgehead atoms. The zero-order valence-corrected chi connectivity index (χ0v) is 13.7. The molecule has 4 rings (SSSR count). The summed E-state index contributed by atoms with van der Waals surface area (Å²) in [6.07, 6.45) is 1.68. The van der Waals surface area contributed by atoms with Gasteiger partial charge in [-0.15, -0.1) is 0 Å². The molecule has 1 aromatic carbocycles. The first kappa shape index (κ1) is 15.4. The Bertz CT molecular complexity index is 862. The highest BCUT2D eigenvalue weighted by atomic mass is 16.5. The summed E-state index contributed by atoms with van der Waals surface area (Å²) in [5.41, 5.74) is 2.47. The van der Waals surface area contributed by atoms with Crippen molar-refractivity contribution in [1.82, 2.24) is 19.7 Å². The molecule has 0 saturated heterocycles. The van der Waals surface area contributed by atoms with Crippen molar-refractivity contribution in [3.05, 3.63) is 77.7 Å². The standard InChI is InChI=1S/C19H18N4O2/c24-19-17-12-16(14-25-18-8-4-5-9-20-18)21-23(17)11-10-22(19)13-15-6-2-1-3-7-15/h1-9,12H,10-11,13-14H2. The van der Waals surface area contributed by atoms with Gasteiger partial charge in [-0.2, -0.15) is 5.10 Å². The largest absolute Gasteiger partial charge is 0.471 e. The van der Waals surface area contributed by atoms with E-state index in [9.17, 15) is 4.79 Å². The van der Waals surface area contributed by atoms with Gasteiger partial charge in [-0.25, -0.2) is 4.98 Å². The molecule has 0 saturated carbocycles. The maximum absolute atomic E-state index is 12.7. The Balaban J connectivity index is 1.45. The summed E-state index contributed by atoms with van der Waals surface area (Å²) in [6, 6.07) is 17.3. The topological polar surface area (TPSA) is 60.2 Å². The van der Waals surface area contributed by atoms with Crippen LogP contribution >= 0.6 is 0 Å². The summed E-state index contributed by atoms with van der Waals surface area (Å²) in [5, 5.41) is 4.47. The third-order valence-electron chi connectivity index (χ3n) is 4.14. The smallest absolute Gasteiger partial charge is 0.272 e. The van der Waals surface area contributed by atoms with Crippen LogP contribution in [0, 0.1) is 0 Å². The molecule has 1 amide bonds. The van der Waals surface area contributed by atoms with Gasteiger partial charge in [0.2, 0.25) is 5.88 Å². The minimum absolute atomic E-state index is 0.00619. The number of fused-ring (bicyclic) bond motifs is 1. The highest BCUT2D eigenvalue weighted by Crippen LogP contribution is 2.17. The Morgan fingerprint density at radius 3 is 2.68 bits per heavy atom. The Hall–Kier alpha value is -3.15. The van der Waals surface area contributed by atoms with E-state index in [1.165, 1.54) is 0 Å². The molecule has 0 unspecified atom stereocenters. The first-order chi connectivity index (χ1) is 12.3. The summed E-state index contributed by atoms with van der Waals surface area (Å²) >= 11 is 0. The highest BCUT2D eigenvalue weighted by molar-refractivity contribution is 5.93. The third kappa shape index (κ3) is 3.38. The van der Waals surface area contributed by atoms with Crippen LogP contribution in [0.1, 0.15) is 21.7 Å². The number of amides is 1. The molecule has 6 nitrogen and oxygen atoms in total. The van der Waals surface area contributed by atoms with E-state index in [4.69, 9.17) is 4.74 Å². The van der Waals surface area contributed by atoms with Crippen LogP contribution in [0.25, 0.3) is 0 Å². The number of benzene rings is 1.